The topological polar surface area (TPSA) is 78.9 Å². The van der Waals surface area contributed by atoms with Gasteiger partial charge < -0.3 is 14.2 Å². The number of carbonyl (C=O) groups is 3. The molecule has 0 saturated carbocycles. The van der Waals surface area contributed by atoms with Crippen molar-refractivity contribution in [2.24, 2.45) is 0 Å². The molecule has 0 spiro atoms. The van der Waals surface area contributed by atoms with Crippen LogP contribution in [0.5, 0.6) is 0 Å². The predicted molar refractivity (Wildman–Crippen MR) is 297 cm³/mol. The largest absolute Gasteiger partial charge is 0.462 e. The fourth-order valence-corrected chi connectivity index (χ4v) is 8.07. The van der Waals surface area contributed by atoms with Crippen molar-refractivity contribution in [1.29, 1.82) is 0 Å². The molecule has 69 heavy (non-hydrogen) atoms. The van der Waals surface area contributed by atoms with E-state index in [0.717, 1.165) is 103 Å². The van der Waals surface area contributed by atoms with Gasteiger partial charge in [0.05, 0.1) is 0 Å². The van der Waals surface area contributed by atoms with E-state index >= 15 is 0 Å². The first kappa shape index (κ1) is 65.6. The van der Waals surface area contributed by atoms with E-state index in [1.54, 1.807) is 0 Å². The SMILES string of the molecule is CC/C=C\C/C=C\C/C=C\C/C=C\C/C=C\C/C=C\C/C=C\CCCCCCCCCCCCCC(=O)OCC(COC(=O)CCCCCCCCC)OC(=O)CCCCCCCCCCCCC. The van der Waals surface area contributed by atoms with E-state index in [2.05, 4.69) is 106 Å². The van der Waals surface area contributed by atoms with Crippen molar-refractivity contribution < 1.29 is 28.6 Å². The van der Waals surface area contributed by atoms with Crippen molar-refractivity contribution >= 4 is 17.9 Å². The maximum absolute atomic E-state index is 12.7. The molecule has 0 rings (SSSR count). The molecule has 0 saturated heterocycles. The van der Waals surface area contributed by atoms with E-state index in [9.17, 15) is 14.4 Å². The molecule has 0 bridgehead atoms. The first-order chi connectivity index (χ1) is 34.0. The van der Waals surface area contributed by atoms with Crippen LogP contribution in [0.3, 0.4) is 0 Å². The standard InChI is InChI=1S/C63H108O6/c1-4-7-10-13-16-18-20-21-22-23-24-25-26-27-28-29-30-31-32-33-34-35-36-37-38-39-40-41-43-44-47-50-53-56-62(65)68-59-60(58-67-61(64)55-52-49-46-15-12-9-6-3)69-63(66)57-54-51-48-45-42-19-17-14-11-8-5-2/h7,10,16,18,21-22,24-25,27-28,30-31,33-34,60H,4-6,8-9,11-15,17,19-20,23,26,29,32,35-59H2,1-3H3/b10-7-,18-16-,22-21-,25-24-,28-27-,31-30-,34-33-. The molecule has 0 aromatic carbocycles. The molecule has 0 radical (unpaired) electrons. The first-order valence-electron chi connectivity index (χ1n) is 29.1. The number of unbranched alkanes of at least 4 members (excludes halogenated alkanes) is 27. The molecule has 396 valence electrons. The van der Waals surface area contributed by atoms with Crippen molar-refractivity contribution in [1.82, 2.24) is 0 Å². The molecule has 6 heteroatoms. The number of hydrogen-bond acceptors (Lipinski definition) is 6. The summed E-state index contributed by atoms with van der Waals surface area (Å²) < 4.78 is 16.7. The zero-order valence-corrected chi connectivity index (χ0v) is 45.3. The van der Waals surface area contributed by atoms with Gasteiger partial charge in [-0.2, -0.15) is 0 Å². The van der Waals surface area contributed by atoms with Crippen LogP contribution in [0.1, 0.15) is 278 Å². The smallest absolute Gasteiger partial charge is 0.306 e. The molecule has 1 unspecified atom stereocenters. The number of ether oxygens (including phenoxy) is 3. The molecule has 0 aliphatic heterocycles. The highest BCUT2D eigenvalue weighted by atomic mass is 16.6. The Kier molecular flexibility index (Phi) is 54.3. The third-order valence-corrected chi connectivity index (χ3v) is 12.4. The Hall–Kier alpha value is -3.41. The average Bonchev–Trinajstić information content (AvgIpc) is 3.35. The fraction of sp³-hybridized carbons (Fsp3) is 0.730. The second-order valence-electron chi connectivity index (χ2n) is 19.2. The number of rotatable bonds is 52. The maximum Gasteiger partial charge on any atom is 0.306 e. The van der Waals surface area contributed by atoms with Crippen LogP contribution in [0.25, 0.3) is 0 Å². The van der Waals surface area contributed by atoms with E-state index < -0.39 is 6.10 Å². The zero-order chi connectivity index (χ0) is 50.0. The highest BCUT2D eigenvalue weighted by molar-refractivity contribution is 5.71. The third kappa shape index (κ3) is 55.4. The van der Waals surface area contributed by atoms with Crippen molar-refractivity contribution in [3.05, 3.63) is 85.1 Å². The quantitative estimate of drug-likeness (QED) is 0.0262. The summed E-state index contributed by atoms with van der Waals surface area (Å²) in [5.41, 5.74) is 0. The minimum Gasteiger partial charge on any atom is -0.462 e. The molecule has 0 fully saturated rings. The predicted octanol–water partition coefficient (Wildman–Crippen LogP) is 19.5. The van der Waals surface area contributed by atoms with Crippen LogP contribution in [-0.2, 0) is 28.6 Å². The van der Waals surface area contributed by atoms with Crippen molar-refractivity contribution in [2.75, 3.05) is 13.2 Å². The number of carbonyl (C=O) groups excluding carboxylic acids is 3. The van der Waals surface area contributed by atoms with Gasteiger partial charge in [-0.1, -0.05) is 266 Å². The van der Waals surface area contributed by atoms with Gasteiger partial charge in [-0.05, 0) is 77.0 Å². The number of allylic oxidation sites excluding steroid dienone is 14. The van der Waals surface area contributed by atoms with Crippen LogP contribution < -0.4 is 0 Å². The molecule has 6 nitrogen and oxygen atoms in total. The van der Waals surface area contributed by atoms with Gasteiger partial charge in [-0.15, -0.1) is 0 Å². The molecule has 0 N–H and O–H groups in total. The fourth-order valence-electron chi connectivity index (χ4n) is 8.07. The van der Waals surface area contributed by atoms with Crippen molar-refractivity contribution in [3.8, 4) is 0 Å². The Labute approximate surface area is 426 Å². The van der Waals surface area contributed by atoms with Gasteiger partial charge in [0.1, 0.15) is 13.2 Å². The molecule has 0 amide bonds. The van der Waals surface area contributed by atoms with E-state index in [1.165, 1.54) is 135 Å². The van der Waals surface area contributed by atoms with Crippen molar-refractivity contribution in [2.45, 2.75) is 284 Å². The third-order valence-electron chi connectivity index (χ3n) is 12.4. The molecule has 0 aromatic rings. The molecule has 0 aromatic heterocycles. The summed E-state index contributed by atoms with van der Waals surface area (Å²) >= 11 is 0. The molecule has 0 heterocycles. The molecular weight excluding hydrogens is 853 g/mol. The summed E-state index contributed by atoms with van der Waals surface area (Å²) in [5, 5.41) is 0. The van der Waals surface area contributed by atoms with Gasteiger partial charge in [-0.25, -0.2) is 0 Å². The van der Waals surface area contributed by atoms with E-state index in [4.69, 9.17) is 14.2 Å². The number of hydrogen-bond donors (Lipinski definition) is 0. The zero-order valence-electron chi connectivity index (χ0n) is 45.3. The lowest BCUT2D eigenvalue weighted by Gasteiger charge is -2.18. The van der Waals surface area contributed by atoms with Crippen molar-refractivity contribution in [3.63, 3.8) is 0 Å². The Morgan fingerprint density at radius 1 is 0.304 bits per heavy atom. The van der Waals surface area contributed by atoms with Gasteiger partial charge in [0.2, 0.25) is 0 Å². The highest BCUT2D eigenvalue weighted by Gasteiger charge is 2.19. The van der Waals surface area contributed by atoms with Gasteiger partial charge in [0.15, 0.2) is 6.10 Å². The lowest BCUT2D eigenvalue weighted by molar-refractivity contribution is -0.167. The van der Waals surface area contributed by atoms with Crippen LogP contribution in [0.2, 0.25) is 0 Å². The Morgan fingerprint density at radius 3 is 0.884 bits per heavy atom. The van der Waals surface area contributed by atoms with Crippen LogP contribution >= 0.6 is 0 Å². The summed E-state index contributed by atoms with van der Waals surface area (Å²) in [7, 11) is 0. The van der Waals surface area contributed by atoms with Gasteiger partial charge in [0.25, 0.3) is 0 Å². The number of esters is 3. The monoisotopic (exact) mass is 961 g/mol. The molecule has 0 aliphatic carbocycles. The van der Waals surface area contributed by atoms with Crippen LogP contribution in [-0.4, -0.2) is 37.2 Å². The second kappa shape index (κ2) is 57.2. The summed E-state index contributed by atoms with van der Waals surface area (Å²) in [6.45, 7) is 6.48. The van der Waals surface area contributed by atoms with Gasteiger partial charge in [-0.3, -0.25) is 14.4 Å². The Balaban J connectivity index is 4.03. The molecular formula is C63H108O6. The normalized spacial score (nSPS) is 12.7. The lowest BCUT2D eigenvalue weighted by atomic mass is 10.0. The summed E-state index contributed by atoms with van der Waals surface area (Å²) in [4.78, 5) is 37.8. The lowest BCUT2D eigenvalue weighted by Crippen LogP contribution is -2.30. The first-order valence-corrected chi connectivity index (χ1v) is 29.1. The maximum atomic E-state index is 12.7. The van der Waals surface area contributed by atoms with Crippen LogP contribution in [0, 0.1) is 0 Å². The minimum absolute atomic E-state index is 0.0731. The molecule has 1 atom stereocenters. The Bertz CT molecular complexity index is 1330. The second-order valence-corrected chi connectivity index (χ2v) is 19.2. The minimum atomic E-state index is -0.770. The highest BCUT2D eigenvalue weighted by Crippen LogP contribution is 2.16. The van der Waals surface area contributed by atoms with Gasteiger partial charge >= 0.3 is 17.9 Å². The summed E-state index contributed by atoms with van der Waals surface area (Å²) in [5.74, 6) is -0.878. The van der Waals surface area contributed by atoms with E-state index in [1.807, 2.05) is 0 Å². The molecule has 0 aliphatic rings. The summed E-state index contributed by atoms with van der Waals surface area (Å²) in [6.07, 6.45) is 74.7. The Morgan fingerprint density at radius 2 is 0.565 bits per heavy atom. The average molecular weight is 962 g/mol. The van der Waals surface area contributed by atoms with E-state index in [-0.39, 0.29) is 31.1 Å². The summed E-state index contributed by atoms with van der Waals surface area (Å²) in [6, 6.07) is 0. The van der Waals surface area contributed by atoms with Gasteiger partial charge in [0, 0.05) is 19.3 Å². The van der Waals surface area contributed by atoms with Crippen LogP contribution in [0.15, 0.2) is 85.1 Å². The van der Waals surface area contributed by atoms with E-state index in [0.29, 0.717) is 19.3 Å². The van der Waals surface area contributed by atoms with Crippen LogP contribution in [0.4, 0.5) is 0 Å².